The zero-order valence-corrected chi connectivity index (χ0v) is 14.8. The molecule has 1 atom stereocenters. The lowest BCUT2D eigenvalue weighted by atomic mass is 10.0. The second kappa shape index (κ2) is 7.85. The fraction of sp³-hybridized carbons (Fsp3) is 0.250. The number of thiophene rings is 1. The van der Waals surface area contributed by atoms with E-state index in [4.69, 9.17) is 11.6 Å². The summed E-state index contributed by atoms with van der Waals surface area (Å²) >= 11 is 7.00. The predicted molar refractivity (Wildman–Crippen MR) is 89.0 cm³/mol. The van der Waals surface area contributed by atoms with Crippen LogP contribution in [0.2, 0.25) is 5.02 Å². The van der Waals surface area contributed by atoms with Crippen molar-refractivity contribution in [2.24, 2.45) is 0 Å². The summed E-state index contributed by atoms with van der Waals surface area (Å²) < 4.78 is 37.9. The van der Waals surface area contributed by atoms with E-state index in [-0.39, 0.29) is 5.69 Å². The number of hydrogen-bond acceptors (Lipinski definition) is 5. The summed E-state index contributed by atoms with van der Waals surface area (Å²) in [6, 6.07) is 5.60. The number of carbonyl (C=O) groups is 2. The molecule has 0 spiro atoms. The first-order valence-corrected chi connectivity index (χ1v) is 8.32. The number of Topliss-reactive ketones (excluding diaryl/α,β-unsaturated/α-hetero) is 1. The molecule has 1 amide bonds. The number of halogens is 4. The Bertz CT molecular complexity index is 890. The van der Waals surface area contributed by atoms with Crippen LogP contribution in [0.4, 0.5) is 13.2 Å². The van der Waals surface area contributed by atoms with Crippen molar-refractivity contribution in [2.45, 2.75) is 19.0 Å². The molecule has 0 aliphatic rings. The summed E-state index contributed by atoms with van der Waals surface area (Å²) in [5, 5.41) is 11.1. The second-order valence-corrected chi connectivity index (χ2v) is 6.91. The van der Waals surface area contributed by atoms with Gasteiger partial charge < -0.3 is 5.32 Å². The monoisotopic (exact) mass is 401 g/mol. The van der Waals surface area contributed by atoms with Crippen molar-refractivity contribution in [2.75, 3.05) is 6.54 Å². The molecular weight excluding hydrogens is 391 g/mol. The van der Waals surface area contributed by atoms with Crippen molar-refractivity contribution >= 4 is 34.6 Å². The molecule has 0 saturated heterocycles. The highest BCUT2D eigenvalue weighted by Crippen LogP contribution is 2.32. The van der Waals surface area contributed by atoms with Gasteiger partial charge in [0, 0.05) is 11.1 Å². The standard InChI is InChI=1S/C16H11ClF3N3O2S/c1-8-2-3-13(26-8)15(25)23-7-12(24)10(5-21)14-11(17)4-9(6-22-14)16(18,19)20/h2-4,6,10H,7H2,1H3,(H,23,25). The van der Waals surface area contributed by atoms with Crippen LogP contribution >= 0.6 is 22.9 Å². The van der Waals surface area contributed by atoms with Crippen LogP contribution in [0.3, 0.4) is 0 Å². The van der Waals surface area contributed by atoms with Gasteiger partial charge in [-0.1, -0.05) is 11.6 Å². The Morgan fingerprint density at radius 2 is 2.12 bits per heavy atom. The van der Waals surface area contributed by atoms with Crippen LogP contribution in [-0.2, 0) is 11.0 Å². The van der Waals surface area contributed by atoms with Gasteiger partial charge in [-0.15, -0.1) is 11.3 Å². The van der Waals surface area contributed by atoms with Crippen LogP contribution in [0.15, 0.2) is 24.4 Å². The number of pyridine rings is 1. The molecule has 0 radical (unpaired) electrons. The number of hydrogen-bond donors (Lipinski definition) is 1. The third kappa shape index (κ3) is 4.59. The summed E-state index contributed by atoms with van der Waals surface area (Å²) in [5.74, 6) is -2.71. The first kappa shape index (κ1) is 19.9. The number of nitrogens with zero attached hydrogens (tertiary/aromatic N) is 2. The van der Waals surface area contributed by atoms with Gasteiger partial charge in [0.15, 0.2) is 5.78 Å². The SMILES string of the molecule is Cc1ccc(C(=O)NCC(=O)C(C#N)c2ncc(C(F)(F)F)cc2Cl)s1. The number of aromatic nitrogens is 1. The highest BCUT2D eigenvalue weighted by molar-refractivity contribution is 7.13. The number of ketones is 1. The van der Waals surface area contributed by atoms with Gasteiger partial charge in [0.2, 0.25) is 0 Å². The Labute approximate surface area is 155 Å². The highest BCUT2D eigenvalue weighted by Gasteiger charge is 2.33. The number of rotatable bonds is 5. The summed E-state index contributed by atoms with van der Waals surface area (Å²) in [7, 11) is 0. The summed E-state index contributed by atoms with van der Waals surface area (Å²) in [4.78, 5) is 29.0. The van der Waals surface area contributed by atoms with Crippen molar-refractivity contribution in [1.29, 1.82) is 5.26 Å². The average Bonchev–Trinajstić information content (AvgIpc) is 3.00. The van der Waals surface area contributed by atoms with Gasteiger partial charge in [0.25, 0.3) is 5.91 Å². The molecule has 1 unspecified atom stereocenters. The molecule has 0 aliphatic heterocycles. The lowest BCUT2D eigenvalue weighted by Crippen LogP contribution is -2.32. The minimum atomic E-state index is -4.64. The molecule has 2 heterocycles. The van der Waals surface area contributed by atoms with Crippen LogP contribution in [0.5, 0.6) is 0 Å². The summed E-state index contributed by atoms with van der Waals surface area (Å²) in [5.41, 5.74) is -1.37. The van der Waals surface area contributed by atoms with Gasteiger partial charge in [0.1, 0.15) is 5.92 Å². The summed E-state index contributed by atoms with van der Waals surface area (Å²) in [6.07, 6.45) is -4.14. The Morgan fingerprint density at radius 3 is 2.62 bits per heavy atom. The van der Waals surface area contributed by atoms with Crippen LogP contribution < -0.4 is 5.32 Å². The third-order valence-corrected chi connectivity index (χ3v) is 4.61. The molecule has 2 aromatic rings. The van der Waals surface area contributed by atoms with Crippen molar-refractivity contribution in [1.82, 2.24) is 10.3 Å². The van der Waals surface area contributed by atoms with E-state index in [2.05, 4.69) is 10.3 Å². The van der Waals surface area contributed by atoms with E-state index < -0.39 is 40.9 Å². The van der Waals surface area contributed by atoms with Gasteiger partial charge in [0.05, 0.1) is 33.8 Å². The van der Waals surface area contributed by atoms with E-state index in [9.17, 15) is 28.0 Å². The minimum absolute atomic E-state index is 0.284. The smallest absolute Gasteiger partial charge is 0.344 e. The normalized spacial score (nSPS) is 12.3. The van der Waals surface area contributed by atoms with Crippen LogP contribution in [0.1, 0.15) is 31.7 Å². The molecule has 1 N–H and O–H groups in total. The first-order valence-electron chi connectivity index (χ1n) is 7.13. The topological polar surface area (TPSA) is 82.9 Å². The molecule has 0 saturated carbocycles. The van der Waals surface area contributed by atoms with E-state index in [1.54, 1.807) is 18.2 Å². The van der Waals surface area contributed by atoms with E-state index in [1.807, 2.05) is 6.92 Å². The molecule has 2 aromatic heterocycles. The van der Waals surface area contributed by atoms with Crippen molar-refractivity contribution < 1.29 is 22.8 Å². The number of nitrogens with one attached hydrogen (secondary N) is 1. The number of alkyl halides is 3. The fourth-order valence-corrected chi connectivity index (χ4v) is 3.07. The Morgan fingerprint density at radius 1 is 1.42 bits per heavy atom. The Hall–Kier alpha value is -2.44. The largest absolute Gasteiger partial charge is 0.417 e. The van der Waals surface area contributed by atoms with E-state index >= 15 is 0 Å². The number of aryl methyl sites for hydroxylation is 1. The molecule has 136 valence electrons. The molecule has 2 rings (SSSR count). The van der Waals surface area contributed by atoms with Gasteiger partial charge in [-0.3, -0.25) is 14.6 Å². The van der Waals surface area contributed by atoms with E-state index in [0.29, 0.717) is 17.1 Å². The molecule has 0 aliphatic carbocycles. The molecular formula is C16H11ClF3N3O2S. The average molecular weight is 402 g/mol. The second-order valence-electron chi connectivity index (χ2n) is 5.21. The van der Waals surface area contributed by atoms with Gasteiger partial charge >= 0.3 is 6.18 Å². The van der Waals surface area contributed by atoms with Gasteiger partial charge in [-0.25, -0.2) is 0 Å². The number of amides is 1. The molecule has 26 heavy (non-hydrogen) atoms. The van der Waals surface area contributed by atoms with E-state index in [1.165, 1.54) is 11.3 Å². The molecule has 5 nitrogen and oxygen atoms in total. The van der Waals surface area contributed by atoms with Gasteiger partial charge in [-0.2, -0.15) is 18.4 Å². The Balaban J connectivity index is 2.11. The van der Waals surface area contributed by atoms with E-state index in [0.717, 1.165) is 4.88 Å². The maximum absolute atomic E-state index is 12.6. The summed E-state index contributed by atoms with van der Waals surface area (Å²) in [6.45, 7) is 1.34. The van der Waals surface area contributed by atoms with Crippen molar-refractivity contribution in [3.8, 4) is 6.07 Å². The number of nitriles is 1. The molecule has 0 bridgehead atoms. The molecule has 0 aromatic carbocycles. The predicted octanol–water partition coefficient (Wildman–Crippen LogP) is 3.73. The highest BCUT2D eigenvalue weighted by atomic mass is 35.5. The van der Waals surface area contributed by atoms with Crippen LogP contribution in [0, 0.1) is 18.3 Å². The van der Waals surface area contributed by atoms with Crippen LogP contribution in [0.25, 0.3) is 0 Å². The lowest BCUT2D eigenvalue weighted by molar-refractivity contribution is -0.137. The maximum atomic E-state index is 12.6. The maximum Gasteiger partial charge on any atom is 0.417 e. The minimum Gasteiger partial charge on any atom is -0.344 e. The zero-order valence-electron chi connectivity index (χ0n) is 13.2. The quantitative estimate of drug-likeness (QED) is 0.827. The number of carbonyl (C=O) groups excluding carboxylic acids is 2. The lowest BCUT2D eigenvalue weighted by Gasteiger charge is -2.12. The fourth-order valence-electron chi connectivity index (χ4n) is 2.01. The zero-order chi connectivity index (χ0) is 19.5. The Kier molecular flexibility index (Phi) is 6.00. The van der Waals surface area contributed by atoms with Crippen molar-refractivity contribution in [3.63, 3.8) is 0 Å². The molecule has 0 fully saturated rings. The van der Waals surface area contributed by atoms with Gasteiger partial charge in [-0.05, 0) is 25.1 Å². The third-order valence-electron chi connectivity index (χ3n) is 3.31. The molecule has 10 heteroatoms. The van der Waals surface area contributed by atoms with Crippen molar-refractivity contribution in [3.05, 3.63) is 50.4 Å². The van der Waals surface area contributed by atoms with Crippen LogP contribution in [-0.4, -0.2) is 23.2 Å². The first-order chi connectivity index (χ1) is 12.1.